The lowest BCUT2D eigenvalue weighted by Crippen LogP contribution is -2.17. The van der Waals surface area contributed by atoms with Crippen molar-refractivity contribution in [1.29, 1.82) is 10.5 Å². The highest BCUT2D eigenvalue weighted by atomic mass is 32.1. The van der Waals surface area contributed by atoms with Gasteiger partial charge in [0.1, 0.15) is 21.9 Å². The molecule has 0 aliphatic heterocycles. The monoisotopic (exact) mass is 368 g/mol. The summed E-state index contributed by atoms with van der Waals surface area (Å²) >= 11 is 2.35. The number of aromatic nitrogens is 2. The predicted octanol–water partition coefficient (Wildman–Crippen LogP) is 3.71. The van der Waals surface area contributed by atoms with E-state index in [1.165, 1.54) is 33.4 Å². The Balaban J connectivity index is 2.12. The van der Waals surface area contributed by atoms with Crippen LogP contribution in [-0.2, 0) is 0 Å². The highest BCUT2D eigenvalue weighted by Crippen LogP contribution is 2.45. The number of benzene rings is 1. The first-order chi connectivity index (χ1) is 12.1. The summed E-state index contributed by atoms with van der Waals surface area (Å²) in [6.07, 6.45) is 0. The highest BCUT2D eigenvalue weighted by Gasteiger charge is 2.37. The third-order valence-electron chi connectivity index (χ3n) is 3.73. The van der Waals surface area contributed by atoms with Gasteiger partial charge in [-0.3, -0.25) is 0 Å². The summed E-state index contributed by atoms with van der Waals surface area (Å²) in [7, 11) is 0. The third kappa shape index (κ3) is 3.45. The largest absolute Gasteiger partial charge is 0.493 e. The molecule has 2 heterocycles. The summed E-state index contributed by atoms with van der Waals surface area (Å²) in [5.74, 6) is -2.29. The third-order valence-corrected chi connectivity index (χ3v) is 5.56. The van der Waals surface area contributed by atoms with Gasteiger partial charge in [0.25, 0.3) is 0 Å². The number of rotatable bonds is 5. The van der Waals surface area contributed by atoms with E-state index in [9.17, 15) is 20.7 Å². The van der Waals surface area contributed by atoms with Crippen molar-refractivity contribution in [2.45, 2.75) is 17.8 Å². The topological polar surface area (TPSA) is 114 Å². The smallest absolute Gasteiger partial charge is 0.222 e. The zero-order valence-corrected chi connectivity index (χ0v) is 14.4. The molecule has 2 unspecified atom stereocenters. The number of aromatic hydroxyl groups is 2. The molecule has 8 heteroatoms. The van der Waals surface area contributed by atoms with Crippen molar-refractivity contribution < 1.29 is 10.2 Å². The Morgan fingerprint density at radius 3 is 1.68 bits per heavy atom. The first-order valence-electron chi connectivity index (χ1n) is 7.27. The normalized spacial score (nSPS) is 14.2. The molecular formula is C17H12N4O2S2. The molecule has 0 fully saturated rings. The summed E-state index contributed by atoms with van der Waals surface area (Å²) in [4.78, 5) is 8.04. The molecule has 0 radical (unpaired) electrons. The fourth-order valence-electron chi connectivity index (χ4n) is 2.67. The summed E-state index contributed by atoms with van der Waals surface area (Å²) < 4.78 is 0. The summed E-state index contributed by atoms with van der Waals surface area (Å²) in [5.41, 5.74) is 0.796. The van der Waals surface area contributed by atoms with Crippen molar-refractivity contribution >= 4 is 22.7 Å². The minimum absolute atomic E-state index is 0.146. The fraction of sp³-hybridized carbons (Fsp3) is 0.176. The first-order valence-corrected chi connectivity index (χ1v) is 9.03. The van der Waals surface area contributed by atoms with E-state index in [0.717, 1.165) is 5.56 Å². The van der Waals surface area contributed by atoms with Gasteiger partial charge in [0.2, 0.25) is 11.8 Å². The molecule has 2 N–H and O–H groups in total. The van der Waals surface area contributed by atoms with Gasteiger partial charge < -0.3 is 10.2 Å². The maximum atomic E-state index is 9.78. The lowest BCUT2D eigenvalue weighted by molar-refractivity contribution is 0.451. The van der Waals surface area contributed by atoms with Crippen LogP contribution >= 0.6 is 22.7 Å². The van der Waals surface area contributed by atoms with Crippen LogP contribution in [0.4, 0.5) is 0 Å². The molecule has 2 atom stereocenters. The van der Waals surface area contributed by atoms with Crippen LogP contribution in [0.15, 0.2) is 41.1 Å². The van der Waals surface area contributed by atoms with Gasteiger partial charge in [0.15, 0.2) is 0 Å². The van der Waals surface area contributed by atoms with Crippen molar-refractivity contribution in [2.24, 2.45) is 0 Å². The van der Waals surface area contributed by atoms with Crippen LogP contribution in [0.3, 0.4) is 0 Å². The Kier molecular flexibility index (Phi) is 4.94. The number of thiazole rings is 2. The van der Waals surface area contributed by atoms with E-state index < -0.39 is 17.8 Å². The summed E-state index contributed by atoms with van der Waals surface area (Å²) in [6, 6.07) is 13.7. The van der Waals surface area contributed by atoms with Gasteiger partial charge in [-0.2, -0.15) is 10.5 Å². The molecule has 0 bridgehead atoms. The molecule has 0 spiro atoms. The van der Waals surface area contributed by atoms with Gasteiger partial charge in [-0.15, -0.1) is 22.7 Å². The van der Waals surface area contributed by atoms with E-state index in [1.54, 1.807) is 0 Å². The molecule has 2 aromatic heterocycles. The predicted molar refractivity (Wildman–Crippen MR) is 93.4 cm³/mol. The molecule has 1 aromatic carbocycles. The Bertz CT molecular complexity index is 881. The van der Waals surface area contributed by atoms with Crippen LogP contribution < -0.4 is 0 Å². The highest BCUT2D eigenvalue weighted by molar-refractivity contribution is 7.10. The Labute approximate surface area is 151 Å². The van der Waals surface area contributed by atoms with Gasteiger partial charge in [-0.05, 0) is 5.56 Å². The van der Waals surface area contributed by atoms with Crippen molar-refractivity contribution in [3.8, 4) is 23.9 Å². The Morgan fingerprint density at radius 2 is 1.32 bits per heavy atom. The van der Waals surface area contributed by atoms with Crippen molar-refractivity contribution in [2.75, 3.05) is 0 Å². The maximum Gasteiger partial charge on any atom is 0.222 e. The van der Waals surface area contributed by atoms with E-state index in [4.69, 9.17) is 0 Å². The van der Waals surface area contributed by atoms with Crippen LogP contribution in [0, 0.1) is 22.7 Å². The maximum absolute atomic E-state index is 9.78. The van der Waals surface area contributed by atoms with Crippen LogP contribution in [-0.4, -0.2) is 20.2 Å². The van der Waals surface area contributed by atoms with E-state index in [-0.39, 0.29) is 11.8 Å². The summed E-state index contributed by atoms with van der Waals surface area (Å²) in [6.45, 7) is 0. The van der Waals surface area contributed by atoms with Crippen LogP contribution in [0.2, 0.25) is 0 Å². The van der Waals surface area contributed by atoms with E-state index in [1.807, 2.05) is 30.3 Å². The quantitative estimate of drug-likeness (QED) is 0.709. The molecule has 0 saturated heterocycles. The average molecular weight is 368 g/mol. The lowest BCUT2D eigenvalue weighted by Gasteiger charge is -2.24. The number of nitriles is 2. The zero-order valence-electron chi connectivity index (χ0n) is 12.8. The molecule has 0 saturated carbocycles. The molecule has 3 aromatic rings. The SMILES string of the molecule is N#CC(c1nc(O)cs1)C(c1ccccc1)C(C#N)c1nc(O)cs1. The Morgan fingerprint density at radius 1 is 0.840 bits per heavy atom. The second kappa shape index (κ2) is 7.31. The van der Waals surface area contributed by atoms with Crippen molar-refractivity contribution in [1.82, 2.24) is 9.97 Å². The second-order valence-electron chi connectivity index (χ2n) is 5.24. The number of hydrogen-bond donors (Lipinski definition) is 2. The molecule has 0 aliphatic carbocycles. The first kappa shape index (κ1) is 16.9. The molecule has 3 rings (SSSR count). The fourth-order valence-corrected chi connectivity index (χ4v) is 4.22. The number of nitrogens with zero attached hydrogens (tertiary/aromatic N) is 4. The number of hydrogen-bond acceptors (Lipinski definition) is 8. The Hall–Kier alpha value is -2.94. The van der Waals surface area contributed by atoms with Crippen LogP contribution in [0.25, 0.3) is 0 Å². The van der Waals surface area contributed by atoms with E-state index >= 15 is 0 Å². The minimum atomic E-state index is -0.732. The van der Waals surface area contributed by atoms with Crippen molar-refractivity contribution in [3.05, 3.63) is 56.7 Å². The van der Waals surface area contributed by atoms with E-state index in [2.05, 4.69) is 22.1 Å². The molecule has 0 aliphatic rings. The van der Waals surface area contributed by atoms with Gasteiger partial charge in [-0.25, -0.2) is 9.97 Å². The van der Waals surface area contributed by atoms with E-state index in [0.29, 0.717) is 10.0 Å². The zero-order chi connectivity index (χ0) is 17.8. The molecule has 25 heavy (non-hydrogen) atoms. The average Bonchev–Trinajstić information content (AvgIpc) is 3.24. The van der Waals surface area contributed by atoms with Crippen molar-refractivity contribution in [3.63, 3.8) is 0 Å². The van der Waals surface area contributed by atoms with Gasteiger partial charge in [0.05, 0.1) is 22.9 Å². The van der Waals surface area contributed by atoms with Gasteiger partial charge >= 0.3 is 0 Å². The second-order valence-corrected chi connectivity index (χ2v) is 7.02. The van der Waals surface area contributed by atoms with Gasteiger partial charge in [0, 0.05) is 5.92 Å². The standard InChI is InChI=1S/C17H12N4O2S2/c18-6-11(16-20-13(22)8-24-16)15(10-4-2-1-3-5-10)12(7-19)17-21-14(23)9-25-17/h1-5,8-9,11-12,15,22-23H. The molecule has 6 nitrogen and oxygen atoms in total. The lowest BCUT2D eigenvalue weighted by atomic mass is 9.78. The van der Waals surface area contributed by atoms with Gasteiger partial charge in [-0.1, -0.05) is 30.3 Å². The molecular weight excluding hydrogens is 356 g/mol. The van der Waals surface area contributed by atoms with Crippen LogP contribution in [0.1, 0.15) is 33.3 Å². The summed E-state index contributed by atoms with van der Waals surface area (Å²) in [5, 5.41) is 42.4. The molecule has 0 amide bonds. The minimum Gasteiger partial charge on any atom is -0.493 e. The molecule has 124 valence electrons. The van der Waals surface area contributed by atoms with Crippen LogP contribution in [0.5, 0.6) is 11.8 Å².